The van der Waals surface area contributed by atoms with E-state index in [0.717, 1.165) is 12.8 Å². The van der Waals surface area contributed by atoms with Crippen LogP contribution in [0.5, 0.6) is 0 Å². The Morgan fingerprint density at radius 3 is 2.36 bits per heavy atom. The van der Waals surface area contributed by atoms with Gasteiger partial charge in [0, 0.05) is 12.7 Å². The van der Waals surface area contributed by atoms with E-state index in [4.69, 9.17) is 9.47 Å². The number of esters is 1. The monoisotopic (exact) mass is 200 g/mol. The predicted octanol–water partition coefficient (Wildman–Crippen LogP) is 2.31. The van der Waals surface area contributed by atoms with Crippen molar-refractivity contribution in [2.75, 3.05) is 13.2 Å². The van der Waals surface area contributed by atoms with Gasteiger partial charge in [-0.2, -0.15) is 0 Å². The summed E-state index contributed by atoms with van der Waals surface area (Å²) >= 11 is 0. The molecule has 0 amide bonds. The number of carbonyl (C=O) groups excluding carboxylic acids is 1. The van der Waals surface area contributed by atoms with Crippen molar-refractivity contribution in [3.63, 3.8) is 0 Å². The third-order valence-corrected chi connectivity index (χ3v) is 1.48. The van der Waals surface area contributed by atoms with Gasteiger partial charge in [-0.3, -0.25) is 0 Å². The molecule has 3 heteroatoms. The zero-order valence-electron chi connectivity index (χ0n) is 9.34. The van der Waals surface area contributed by atoms with Crippen LogP contribution in [0.15, 0.2) is 12.7 Å². The molecule has 0 aromatic heterocycles. The van der Waals surface area contributed by atoms with Crippen LogP contribution in [0.4, 0.5) is 0 Å². The third-order valence-electron chi connectivity index (χ3n) is 1.48. The minimum absolute atomic E-state index is 0.0855. The van der Waals surface area contributed by atoms with E-state index in [0.29, 0.717) is 13.2 Å². The highest BCUT2D eigenvalue weighted by Gasteiger charge is 2.08. The molecule has 0 bridgehead atoms. The summed E-state index contributed by atoms with van der Waals surface area (Å²) < 4.78 is 10.3. The third kappa shape index (κ3) is 9.26. The van der Waals surface area contributed by atoms with Crippen LogP contribution in [0.3, 0.4) is 0 Å². The Balaban J connectivity index is 3.22. The highest BCUT2D eigenvalue weighted by molar-refractivity contribution is 5.81. The second kappa shape index (κ2) is 6.60. The number of ether oxygens (including phenoxy) is 2. The molecule has 0 radical (unpaired) electrons. The standard InChI is InChI=1S/C11H20O3/c1-5-10(12)13-8-6-7-9-14-11(2,3)4/h5H,1,6-9H2,2-4H3. The average molecular weight is 200 g/mol. The summed E-state index contributed by atoms with van der Waals surface area (Å²) in [7, 11) is 0. The Bertz CT molecular complexity index is 179. The smallest absolute Gasteiger partial charge is 0.330 e. The van der Waals surface area contributed by atoms with Gasteiger partial charge in [0.2, 0.25) is 0 Å². The minimum atomic E-state index is -0.360. The van der Waals surface area contributed by atoms with Gasteiger partial charge >= 0.3 is 5.97 Å². The molecule has 0 heterocycles. The summed E-state index contributed by atoms with van der Waals surface area (Å²) in [5.41, 5.74) is -0.0855. The lowest BCUT2D eigenvalue weighted by Crippen LogP contribution is -2.19. The van der Waals surface area contributed by atoms with Crippen LogP contribution < -0.4 is 0 Å². The highest BCUT2D eigenvalue weighted by Crippen LogP contribution is 2.07. The van der Waals surface area contributed by atoms with Gasteiger partial charge in [-0.25, -0.2) is 4.79 Å². The highest BCUT2D eigenvalue weighted by atomic mass is 16.5. The van der Waals surface area contributed by atoms with Gasteiger partial charge in [0.15, 0.2) is 0 Å². The molecular formula is C11H20O3. The zero-order valence-corrected chi connectivity index (χ0v) is 9.34. The topological polar surface area (TPSA) is 35.5 Å². The number of carbonyl (C=O) groups is 1. The molecular weight excluding hydrogens is 180 g/mol. The Kier molecular flexibility index (Phi) is 6.21. The SMILES string of the molecule is C=CC(=O)OCCCCOC(C)(C)C. The molecule has 0 spiro atoms. The maximum Gasteiger partial charge on any atom is 0.330 e. The van der Waals surface area contributed by atoms with Crippen molar-refractivity contribution in [3.8, 4) is 0 Å². The van der Waals surface area contributed by atoms with Crippen molar-refractivity contribution in [1.82, 2.24) is 0 Å². The van der Waals surface area contributed by atoms with E-state index in [1.54, 1.807) is 0 Å². The van der Waals surface area contributed by atoms with E-state index in [-0.39, 0.29) is 11.6 Å². The first-order chi connectivity index (χ1) is 6.45. The van der Waals surface area contributed by atoms with Gasteiger partial charge in [0.05, 0.1) is 12.2 Å². The fraction of sp³-hybridized carbons (Fsp3) is 0.727. The molecule has 0 atom stereocenters. The molecule has 0 saturated heterocycles. The van der Waals surface area contributed by atoms with Crippen LogP contribution in [0.25, 0.3) is 0 Å². The molecule has 0 saturated carbocycles. The van der Waals surface area contributed by atoms with Crippen LogP contribution in [-0.4, -0.2) is 24.8 Å². The molecule has 0 N–H and O–H groups in total. The first kappa shape index (κ1) is 13.2. The van der Waals surface area contributed by atoms with Crippen molar-refractivity contribution in [2.24, 2.45) is 0 Å². The molecule has 0 rings (SSSR count). The molecule has 0 aromatic rings. The lowest BCUT2D eigenvalue weighted by molar-refractivity contribution is -0.138. The van der Waals surface area contributed by atoms with Crippen molar-refractivity contribution in [2.45, 2.75) is 39.2 Å². The fourth-order valence-electron chi connectivity index (χ4n) is 0.814. The van der Waals surface area contributed by atoms with E-state index in [1.807, 2.05) is 20.8 Å². The number of hydrogen-bond acceptors (Lipinski definition) is 3. The molecule has 0 aliphatic heterocycles. The summed E-state index contributed by atoms with van der Waals surface area (Å²) in [5, 5.41) is 0. The van der Waals surface area contributed by atoms with Crippen molar-refractivity contribution >= 4 is 5.97 Å². The van der Waals surface area contributed by atoms with Crippen LogP contribution in [-0.2, 0) is 14.3 Å². The lowest BCUT2D eigenvalue weighted by Gasteiger charge is -2.19. The fourth-order valence-corrected chi connectivity index (χ4v) is 0.814. The summed E-state index contributed by atoms with van der Waals surface area (Å²) in [5.74, 6) is -0.360. The minimum Gasteiger partial charge on any atom is -0.463 e. The molecule has 0 aliphatic carbocycles. The maximum absolute atomic E-state index is 10.6. The Morgan fingerprint density at radius 1 is 1.29 bits per heavy atom. The van der Waals surface area contributed by atoms with Gasteiger partial charge in [-0.1, -0.05) is 6.58 Å². The summed E-state index contributed by atoms with van der Waals surface area (Å²) in [6, 6.07) is 0. The summed E-state index contributed by atoms with van der Waals surface area (Å²) in [6.45, 7) is 10.5. The van der Waals surface area contributed by atoms with E-state index in [2.05, 4.69) is 6.58 Å². The first-order valence-electron chi connectivity index (χ1n) is 4.89. The molecule has 3 nitrogen and oxygen atoms in total. The molecule has 82 valence electrons. The maximum atomic E-state index is 10.6. The summed E-state index contributed by atoms with van der Waals surface area (Å²) in [4.78, 5) is 10.6. The van der Waals surface area contributed by atoms with Crippen molar-refractivity contribution < 1.29 is 14.3 Å². The van der Waals surface area contributed by atoms with Crippen molar-refractivity contribution in [1.29, 1.82) is 0 Å². The zero-order chi connectivity index (χ0) is 11.0. The van der Waals surface area contributed by atoms with E-state index in [1.165, 1.54) is 6.08 Å². The summed E-state index contributed by atoms with van der Waals surface area (Å²) in [6.07, 6.45) is 2.91. The molecule has 0 aromatic carbocycles. The second-order valence-electron chi connectivity index (χ2n) is 4.04. The average Bonchev–Trinajstić information content (AvgIpc) is 2.08. The van der Waals surface area contributed by atoms with Gasteiger partial charge in [0.25, 0.3) is 0 Å². The van der Waals surface area contributed by atoms with Gasteiger partial charge in [-0.05, 0) is 33.6 Å². The number of hydrogen-bond donors (Lipinski definition) is 0. The van der Waals surface area contributed by atoms with E-state index in [9.17, 15) is 4.79 Å². The van der Waals surface area contributed by atoms with Crippen LogP contribution in [0.2, 0.25) is 0 Å². The molecule has 0 unspecified atom stereocenters. The van der Waals surface area contributed by atoms with Gasteiger partial charge < -0.3 is 9.47 Å². The van der Waals surface area contributed by atoms with Crippen LogP contribution in [0, 0.1) is 0 Å². The second-order valence-corrected chi connectivity index (χ2v) is 4.04. The first-order valence-corrected chi connectivity index (χ1v) is 4.89. The van der Waals surface area contributed by atoms with E-state index >= 15 is 0 Å². The Hall–Kier alpha value is -0.830. The van der Waals surface area contributed by atoms with Crippen molar-refractivity contribution in [3.05, 3.63) is 12.7 Å². The van der Waals surface area contributed by atoms with Gasteiger partial charge in [0.1, 0.15) is 0 Å². The Morgan fingerprint density at radius 2 is 1.86 bits per heavy atom. The quantitative estimate of drug-likeness (QED) is 0.375. The Labute approximate surface area is 86.1 Å². The molecule has 0 aliphatic rings. The lowest BCUT2D eigenvalue weighted by atomic mass is 10.2. The normalized spacial score (nSPS) is 11.1. The predicted molar refractivity (Wildman–Crippen MR) is 56.1 cm³/mol. The van der Waals surface area contributed by atoms with Crippen LogP contribution >= 0.6 is 0 Å². The van der Waals surface area contributed by atoms with E-state index < -0.39 is 0 Å². The number of unbranched alkanes of at least 4 members (excludes halogenated alkanes) is 1. The molecule has 14 heavy (non-hydrogen) atoms. The van der Waals surface area contributed by atoms with Gasteiger partial charge in [-0.15, -0.1) is 0 Å². The largest absolute Gasteiger partial charge is 0.463 e. The van der Waals surface area contributed by atoms with Crippen LogP contribution in [0.1, 0.15) is 33.6 Å². The molecule has 0 fully saturated rings. The number of rotatable bonds is 6.